The lowest BCUT2D eigenvalue weighted by atomic mass is 10.1. The summed E-state index contributed by atoms with van der Waals surface area (Å²) in [7, 11) is 0. The molecular formula is C14H18F3NO3. The third-order valence-electron chi connectivity index (χ3n) is 2.50. The third kappa shape index (κ3) is 5.63. The topological polar surface area (TPSA) is 61.5 Å². The quantitative estimate of drug-likeness (QED) is 0.820. The van der Waals surface area contributed by atoms with Gasteiger partial charge in [0.1, 0.15) is 5.75 Å². The number of esters is 1. The second-order valence-corrected chi connectivity index (χ2v) is 4.69. The van der Waals surface area contributed by atoms with Crippen LogP contribution in [0.15, 0.2) is 18.2 Å². The van der Waals surface area contributed by atoms with E-state index < -0.39 is 30.1 Å². The SMILES string of the molecule is CC(C)OC(=O)COc1ccc(CCN)cc1C(F)(F)F. The number of hydrogen-bond donors (Lipinski definition) is 1. The lowest BCUT2D eigenvalue weighted by molar-refractivity contribution is -0.151. The predicted octanol–water partition coefficient (Wildman–Crippen LogP) is 2.54. The van der Waals surface area contributed by atoms with Crippen LogP contribution >= 0.6 is 0 Å². The fourth-order valence-corrected chi connectivity index (χ4v) is 1.68. The molecule has 0 aliphatic carbocycles. The standard InChI is InChI=1S/C14H18F3NO3/c1-9(2)21-13(19)8-20-12-4-3-10(5-6-18)7-11(12)14(15,16)17/h3-4,7,9H,5-6,8,18H2,1-2H3. The van der Waals surface area contributed by atoms with Crippen LogP contribution in [0.1, 0.15) is 25.0 Å². The number of carbonyl (C=O) groups is 1. The van der Waals surface area contributed by atoms with Gasteiger partial charge in [0.25, 0.3) is 0 Å². The minimum absolute atomic E-state index is 0.248. The Balaban J connectivity index is 2.88. The first-order valence-electron chi connectivity index (χ1n) is 6.46. The van der Waals surface area contributed by atoms with E-state index in [1.54, 1.807) is 13.8 Å². The molecule has 0 spiro atoms. The largest absolute Gasteiger partial charge is 0.481 e. The molecule has 0 fully saturated rings. The van der Waals surface area contributed by atoms with E-state index in [9.17, 15) is 18.0 Å². The molecule has 0 amide bonds. The number of hydrogen-bond acceptors (Lipinski definition) is 4. The lowest BCUT2D eigenvalue weighted by Crippen LogP contribution is -2.20. The molecule has 0 unspecified atom stereocenters. The maximum absolute atomic E-state index is 13.0. The van der Waals surface area contributed by atoms with Crippen LogP contribution in [-0.4, -0.2) is 25.2 Å². The summed E-state index contributed by atoms with van der Waals surface area (Å²) >= 11 is 0. The molecule has 1 aromatic carbocycles. The van der Waals surface area contributed by atoms with E-state index in [0.29, 0.717) is 12.0 Å². The Morgan fingerprint density at radius 1 is 1.33 bits per heavy atom. The minimum Gasteiger partial charge on any atom is -0.481 e. The molecular weight excluding hydrogens is 287 g/mol. The van der Waals surface area contributed by atoms with Gasteiger partial charge in [0.2, 0.25) is 0 Å². The number of alkyl halides is 3. The molecule has 0 heterocycles. The highest BCUT2D eigenvalue weighted by Crippen LogP contribution is 2.36. The van der Waals surface area contributed by atoms with Crippen LogP contribution in [0.3, 0.4) is 0 Å². The van der Waals surface area contributed by atoms with Gasteiger partial charge in [0.15, 0.2) is 6.61 Å². The summed E-state index contributed by atoms with van der Waals surface area (Å²) in [5.41, 5.74) is 4.86. The first-order chi connectivity index (χ1) is 9.74. The summed E-state index contributed by atoms with van der Waals surface area (Å²) in [6.45, 7) is 2.96. The molecule has 0 aliphatic rings. The first kappa shape index (κ1) is 17.3. The van der Waals surface area contributed by atoms with Crippen molar-refractivity contribution in [3.8, 4) is 5.75 Å². The maximum Gasteiger partial charge on any atom is 0.419 e. The van der Waals surface area contributed by atoms with Crippen molar-refractivity contribution in [2.24, 2.45) is 5.73 Å². The Kier molecular flexibility index (Phi) is 6.02. The van der Waals surface area contributed by atoms with Crippen molar-refractivity contribution < 1.29 is 27.4 Å². The second-order valence-electron chi connectivity index (χ2n) is 4.69. The number of nitrogens with two attached hydrogens (primary N) is 1. The summed E-state index contributed by atoms with van der Waals surface area (Å²) in [4.78, 5) is 11.3. The summed E-state index contributed by atoms with van der Waals surface area (Å²) in [6.07, 6.45) is -4.59. The molecule has 118 valence electrons. The van der Waals surface area contributed by atoms with Gasteiger partial charge in [-0.1, -0.05) is 6.07 Å². The number of halogens is 3. The Hall–Kier alpha value is -1.76. The monoisotopic (exact) mass is 305 g/mol. The lowest BCUT2D eigenvalue weighted by Gasteiger charge is -2.15. The molecule has 21 heavy (non-hydrogen) atoms. The molecule has 0 saturated heterocycles. The number of ether oxygens (including phenoxy) is 2. The molecule has 1 rings (SSSR count). The molecule has 1 aromatic rings. The van der Waals surface area contributed by atoms with Crippen LogP contribution < -0.4 is 10.5 Å². The first-order valence-corrected chi connectivity index (χ1v) is 6.46. The Bertz CT molecular complexity index is 487. The molecule has 0 atom stereocenters. The van der Waals surface area contributed by atoms with Gasteiger partial charge in [0.05, 0.1) is 11.7 Å². The van der Waals surface area contributed by atoms with Crippen molar-refractivity contribution in [3.05, 3.63) is 29.3 Å². The molecule has 0 saturated carbocycles. The fourth-order valence-electron chi connectivity index (χ4n) is 1.68. The van der Waals surface area contributed by atoms with E-state index in [2.05, 4.69) is 0 Å². The van der Waals surface area contributed by atoms with E-state index in [4.69, 9.17) is 15.2 Å². The van der Waals surface area contributed by atoms with Gasteiger partial charge in [-0.05, 0) is 44.5 Å². The summed E-state index contributed by atoms with van der Waals surface area (Å²) in [5.74, 6) is -1.12. The van der Waals surface area contributed by atoms with Gasteiger partial charge >= 0.3 is 12.1 Å². The summed E-state index contributed by atoms with van der Waals surface area (Å²) in [5, 5.41) is 0. The van der Waals surface area contributed by atoms with Gasteiger partial charge < -0.3 is 15.2 Å². The zero-order chi connectivity index (χ0) is 16.0. The highest BCUT2D eigenvalue weighted by molar-refractivity contribution is 5.71. The second kappa shape index (κ2) is 7.31. The summed E-state index contributed by atoms with van der Waals surface area (Å²) in [6, 6.07) is 3.66. The number of benzene rings is 1. The van der Waals surface area contributed by atoms with Gasteiger partial charge in [0, 0.05) is 0 Å². The summed E-state index contributed by atoms with van der Waals surface area (Å²) < 4.78 is 48.7. The van der Waals surface area contributed by atoms with Crippen LogP contribution in [0.5, 0.6) is 5.75 Å². The fraction of sp³-hybridized carbons (Fsp3) is 0.500. The number of rotatable bonds is 6. The van der Waals surface area contributed by atoms with E-state index in [1.807, 2.05) is 0 Å². The van der Waals surface area contributed by atoms with Crippen molar-refractivity contribution in [1.29, 1.82) is 0 Å². The highest BCUT2D eigenvalue weighted by atomic mass is 19.4. The van der Waals surface area contributed by atoms with Crippen molar-refractivity contribution >= 4 is 5.97 Å². The average molecular weight is 305 g/mol. The van der Waals surface area contributed by atoms with E-state index >= 15 is 0 Å². The molecule has 0 aromatic heterocycles. The van der Waals surface area contributed by atoms with Crippen LogP contribution in [0.25, 0.3) is 0 Å². The van der Waals surface area contributed by atoms with Crippen molar-refractivity contribution in [3.63, 3.8) is 0 Å². The van der Waals surface area contributed by atoms with Crippen LogP contribution in [0.2, 0.25) is 0 Å². The maximum atomic E-state index is 13.0. The molecule has 0 radical (unpaired) electrons. The zero-order valence-electron chi connectivity index (χ0n) is 11.9. The third-order valence-corrected chi connectivity index (χ3v) is 2.50. The van der Waals surface area contributed by atoms with Gasteiger partial charge in [-0.15, -0.1) is 0 Å². The highest BCUT2D eigenvalue weighted by Gasteiger charge is 2.34. The van der Waals surface area contributed by atoms with Crippen LogP contribution in [0.4, 0.5) is 13.2 Å². The Labute approximate surface area is 121 Å². The van der Waals surface area contributed by atoms with Crippen molar-refractivity contribution in [2.75, 3.05) is 13.2 Å². The molecule has 2 N–H and O–H groups in total. The van der Waals surface area contributed by atoms with Crippen molar-refractivity contribution in [1.82, 2.24) is 0 Å². The number of carbonyl (C=O) groups excluding carboxylic acids is 1. The molecule has 0 aliphatic heterocycles. The van der Waals surface area contributed by atoms with Gasteiger partial charge in [-0.3, -0.25) is 0 Å². The van der Waals surface area contributed by atoms with Gasteiger partial charge in [-0.2, -0.15) is 13.2 Å². The minimum atomic E-state index is -4.57. The van der Waals surface area contributed by atoms with Crippen molar-refractivity contribution in [2.45, 2.75) is 32.5 Å². The van der Waals surface area contributed by atoms with Gasteiger partial charge in [-0.25, -0.2) is 4.79 Å². The zero-order valence-corrected chi connectivity index (χ0v) is 11.9. The van der Waals surface area contributed by atoms with E-state index in [-0.39, 0.29) is 12.6 Å². The average Bonchev–Trinajstić information content (AvgIpc) is 2.35. The molecule has 7 heteroatoms. The van der Waals surface area contributed by atoms with Crippen LogP contribution in [0, 0.1) is 0 Å². The molecule has 0 bridgehead atoms. The Morgan fingerprint density at radius 2 is 2.00 bits per heavy atom. The molecule has 4 nitrogen and oxygen atoms in total. The van der Waals surface area contributed by atoms with E-state index in [1.165, 1.54) is 12.1 Å². The predicted molar refractivity (Wildman–Crippen MR) is 70.9 cm³/mol. The normalized spacial score (nSPS) is 11.6. The Morgan fingerprint density at radius 3 is 2.52 bits per heavy atom. The van der Waals surface area contributed by atoms with Crippen LogP contribution in [-0.2, 0) is 22.1 Å². The smallest absolute Gasteiger partial charge is 0.419 e. The van der Waals surface area contributed by atoms with E-state index in [0.717, 1.165) is 6.07 Å².